The first-order valence-electron chi connectivity index (χ1n) is 7.90. The van der Waals surface area contributed by atoms with Crippen LogP contribution in [0.2, 0.25) is 0 Å². The zero-order valence-electron chi connectivity index (χ0n) is 13.2. The molecule has 0 spiro atoms. The summed E-state index contributed by atoms with van der Waals surface area (Å²) in [5.74, 6) is 0. The molecule has 3 unspecified atom stereocenters. The maximum absolute atomic E-state index is 8.33. The van der Waals surface area contributed by atoms with Crippen LogP contribution in [-0.2, 0) is 18.9 Å². The molecule has 0 aliphatic carbocycles. The Kier molecular flexibility index (Phi) is 10.2. The summed E-state index contributed by atoms with van der Waals surface area (Å²) in [7, 11) is 0. The Morgan fingerprint density at radius 2 is 1.48 bits per heavy atom. The van der Waals surface area contributed by atoms with Crippen molar-refractivity contribution in [2.75, 3.05) is 33.0 Å². The molecule has 0 saturated carbocycles. The van der Waals surface area contributed by atoms with Gasteiger partial charge in [-0.05, 0) is 19.8 Å². The highest BCUT2D eigenvalue weighted by atomic mass is 16.6. The van der Waals surface area contributed by atoms with E-state index in [9.17, 15) is 0 Å². The van der Waals surface area contributed by atoms with Crippen LogP contribution in [0, 0.1) is 0 Å². The van der Waals surface area contributed by atoms with Gasteiger partial charge in [-0.25, -0.2) is 0 Å². The fourth-order valence-corrected chi connectivity index (χ4v) is 1.33. The van der Waals surface area contributed by atoms with Gasteiger partial charge < -0.3 is 29.2 Å². The van der Waals surface area contributed by atoms with E-state index in [1.807, 2.05) is 0 Å². The summed E-state index contributed by atoms with van der Waals surface area (Å²) in [4.78, 5) is 0. The minimum absolute atomic E-state index is 0.392. The minimum atomic E-state index is -1.10. The lowest BCUT2D eigenvalue weighted by Crippen LogP contribution is -2.06. The van der Waals surface area contributed by atoms with E-state index in [-0.39, 0.29) is 0 Å². The van der Waals surface area contributed by atoms with Crippen molar-refractivity contribution in [2.45, 2.75) is 64.1 Å². The van der Waals surface area contributed by atoms with Gasteiger partial charge in [0.05, 0.1) is 39.1 Å². The van der Waals surface area contributed by atoms with Crippen molar-refractivity contribution in [3.05, 3.63) is 0 Å². The van der Waals surface area contributed by atoms with Gasteiger partial charge in [0, 0.05) is 0 Å². The molecule has 0 bridgehead atoms. The van der Waals surface area contributed by atoms with Crippen LogP contribution in [0.1, 0.15) is 39.5 Å². The van der Waals surface area contributed by atoms with Crippen LogP contribution >= 0.6 is 0 Å². The molecule has 21 heavy (non-hydrogen) atoms. The van der Waals surface area contributed by atoms with Gasteiger partial charge >= 0.3 is 0 Å². The molecule has 0 amide bonds. The number of hydrogen-bond acceptors (Lipinski definition) is 6. The third-order valence-electron chi connectivity index (χ3n) is 2.98. The van der Waals surface area contributed by atoms with Crippen molar-refractivity contribution in [1.29, 1.82) is 0 Å². The topological polar surface area (TPSA) is 87.3 Å². The van der Waals surface area contributed by atoms with Crippen molar-refractivity contribution in [2.24, 2.45) is 0 Å². The van der Waals surface area contributed by atoms with Gasteiger partial charge in [0.15, 0.2) is 6.29 Å². The minimum Gasteiger partial charge on any atom is -0.376 e. The molecule has 6 nitrogen and oxygen atoms in total. The SMILES string of the molecule is C(OCC1CO1)C1CO1.CC1CO1.CCCCCC(O)O. The van der Waals surface area contributed by atoms with E-state index in [1.54, 1.807) is 0 Å². The van der Waals surface area contributed by atoms with E-state index in [0.717, 1.165) is 52.3 Å². The number of rotatable bonds is 8. The maximum Gasteiger partial charge on any atom is 0.151 e. The number of unbranched alkanes of at least 4 members (excludes halogenated alkanes) is 2. The Labute approximate surface area is 127 Å². The Morgan fingerprint density at radius 3 is 1.76 bits per heavy atom. The number of ether oxygens (including phenoxy) is 4. The van der Waals surface area contributed by atoms with Crippen LogP contribution in [0.25, 0.3) is 0 Å². The van der Waals surface area contributed by atoms with E-state index in [1.165, 1.54) is 0 Å². The van der Waals surface area contributed by atoms with E-state index in [2.05, 4.69) is 13.8 Å². The van der Waals surface area contributed by atoms with E-state index in [4.69, 9.17) is 29.2 Å². The lowest BCUT2D eigenvalue weighted by Gasteiger charge is -1.99. The first kappa shape index (κ1) is 18.8. The Bertz CT molecular complexity index is 224. The lowest BCUT2D eigenvalue weighted by atomic mass is 10.2. The van der Waals surface area contributed by atoms with Crippen LogP contribution in [0.3, 0.4) is 0 Å². The van der Waals surface area contributed by atoms with Crippen LogP contribution in [0.4, 0.5) is 0 Å². The van der Waals surface area contributed by atoms with Crippen LogP contribution in [-0.4, -0.2) is 67.8 Å². The second-order valence-corrected chi connectivity index (χ2v) is 5.57. The van der Waals surface area contributed by atoms with Gasteiger partial charge in [-0.3, -0.25) is 0 Å². The normalized spacial score (nSPS) is 28.1. The average Bonchev–Trinajstić information content (AvgIpc) is 3.24. The smallest absolute Gasteiger partial charge is 0.151 e. The summed E-state index contributed by atoms with van der Waals surface area (Å²) >= 11 is 0. The Balaban J connectivity index is 0.000000169. The summed E-state index contributed by atoms with van der Waals surface area (Å²) in [5.41, 5.74) is 0. The number of aliphatic hydroxyl groups is 2. The maximum atomic E-state index is 8.33. The van der Waals surface area contributed by atoms with E-state index >= 15 is 0 Å². The van der Waals surface area contributed by atoms with Crippen molar-refractivity contribution in [1.82, 2.24) is 0 Å². The fourth-order valence-electron chi connectivity index (χ4n) is 1.33. The average molecular weight is 306 g/mol. The van der Waals surface area contributed by atoms with E-state index in [0.29, 0.717) is 24.7 Å². The molecule has 0 aromatic rings. The summed E-state index contributed by atoms with van der Waals surface area (Å²) in [6.45, 7) is 8.39. The summed E-state index contributed by atoms with van der Waals surface area (Å²) in [6.07, 6.45) is 3.95. The zero-order chi connectivity index (χ0) is 15.5. The van der Waals surface area contributed by atoms with Gasteiger partial charge in [0.25, 0.3) is 0 Å². The molecule has 0 aromatic heterocycles. The zero-order valence-corrected chi connectivity index (χ0v) is 13.2. The van der Waals surface area contributed by atoms with Crippen LogP contribution in [0.15, 0.2) is 0 Å². The molecule has 2 N–H and O–H groups in total. The summed E-state index contributed by atoms with van der Waals surface area (Å²) in [6, 6.07) is 0. The van der Waals surface area contributed by atoms with Gasteiger partial charge in [-0.1, -0.05) is 19.8 Å². The van der Waals surface area contributed by atoms with Crippen molar-refractivity contribution < 1.29 is 29.2 Å². The van der Waals surface area contributed by atoms with Gasteiger partial charge in [0.1, 0.15) is 12.2 Å². The third kappa shape index (κ3) is 16.0. The largest absolute Gasteiger partial charge is 0.376 e. The molecular formula is C15H30O6. The number of hydrogen-bond donors (Lipinski definition) is 2. The Morgan fingerprint density at radius 1 is 1.00 bits per heavy atom. The Hall–Kier alpha value is -0.240. The number of epoxide rings is 3. The predicted octanol–water partition coefficient (Wildman–Crippen LogP) is 1.08. The third-order valence-corrected chi connectivity index (χ3v) is 2.98. The molecule has 126 valence electrons. The quantitative estimate of drug-likeness (QED) is 0.396. The standard InChI is InChI=1S/C6H10O3.C6H14O2.C3H6O/c1(5-3-8-5)7-2-6-4-9-6;1-2-3-4-5-6(7)8;1-3-2-4-3/h5-6H,1-4H2;6-8H,2-5H2,1H3;3H,2H2,1H3. The second kappa shape index (κ2) is 11.3. The second-order valence-electron chi connectivity index (χ2n) is 5.57. The fraction of sp³-hybridized carbons (Fsp3) is 1.00. The van der Waals surface area contributed by atoms with Crippen molar-refractivity contribution >= 4 is 0 Å². The van der Waals surface area contributed by atoms with Crippen LogP contribution in [0.5, 0.6) is 0 Å². The summed E-state index contributed by atoms with van der Waals surface area (Å²) in [5, 5.41) is 16.7. The highest BCUT2D eigenvalue weighted by molar-refractivity contribution is 4.71. The van der Waals surface area contributed by atoms with Crippen molar-refractivity contribution in [3.8, 4) is 0 Å². The van der Waals surface area contributed by atoms with Gasteiger partial charge in [-0.2, -0.15) is 0 Å². The molecule has 6 heteroatoms. The molecule has 3 heterocycles. The molecule has 0 radical (unpaired) electrons. The predicted molar refractivity (Wildman–Crippen MR) is 78.1 cm³/mol. The number of aliphatic hydroxyl groups excluding tert-OH is 1. The van der Waals surface area contributed by atoms with E-state index < -0.39 is 6.29 Å². The lowest BCUT2D eigenvalue weighted by molar-refractivity contribution is -0.0465. The highest BCUT2D eigenvalue weighted by Crippen LogP contribution is 2.12. The molecular weight excluding hydrogens is 276 g/mol. The molecule has 3 fully saturated rings. The molecule has 3 saturated heterocycles. The van der Waals surface area contributed by atoms with Crippen LogP contribution < -0.4 is 0 Å². The first-order chi connectivity index (χ1) is 10.1. The molecule has 3 aliphatic heterocycles. The monoisotopic (exact) mass is 306 g/mol. The molecule has 3 aliphatic rings. The van der Waals surface area contributed by atoms with Gasteiger partial charge in [0.2, 0.25) is 0 Å². The molecule has 3 atom stereocenters. The molecule has 0 aromatic carbocycles. The van der Waals surface area contributed by atoms with Gasteiger partial charge in [-0.15, -0.1) is 0 Å². The first-order valence-corrected chi connectivity index (χ1v) is 7.90. The highest BCUT2D eigenvalue weighted by Gasteiger charge is 2.26. The molecule has 3 rings (SSSR count). The van der Waals surface area contributed by atoms with Crippen molar-refractivity contribution in [3.63, 3.8) is 0 Å². The summed E-state index contributed by atoms with van der Waals surface area (Å²) < 4.78 is 19.8.